The molecule has 1 aliphatic heterocycles. The van der Waals surface area contributed by atoms with E-state index < -0.39 is 5.60 Å². The van der Waals surface area contributed by atoms with Gasteiger partial charge in [0.1, 0.15) is 17.5 Å². The zero-order valence-corrected chi connectivity index (χ0v) is 15.3. The number of ether oxygens (including phenoxy) is 1. The smallest absolute Gasteiger partial charge is 0.410 e. The van der Waals surface area contributed by atoms with Crippen LogP contribution in [0.5, 0.6) is 0 Å². The van der Waals surface area contributed by atoms with Gasteiger partial charge in [-0.1, -0.05) is 0 Å². The molecule has 2 heterocycles. The number of rotatable bonds is 1. The first-order chi connectivity index (χ1) is 12.3. The van der Waals surface area contributed by atoms with Crippen molar-refractivity contribution < 1.29 is 13.9 Å². The van der Waals surface area contributed by atoms with E-state index in [1.54, 1.807) is 17.0 Å². The SMILES string of the molecule is CC(C)(C)OC(=O)N1CCC(c2nc3ccc(F)cc3cc2C#N)CC1. The molecule has 136 valence electrons. The van der Waals surface area contributed by atoms with Crippen molar-refractivity contribution in [3.63, 3.8) is 0 Å². The Hall–Kier alpha value is -2.68. The van der Waals surface area contributed by atoms with Gasteiger partial charge in [-0.3, -0.25) is 4.98 Å². The van der Waals surface area contributed by atoms with Crippen LogP contribution in [0, 0.1) is 17.1 Å². The highest BCUT2D eigenvalue weighted by molar-refractivity contribution is 5.80. The summed E-state index contributed by atoms with van der Waals surface area (Å²) in [5, 5.41) is 10.1. The van der Waals surface area contributed by atoms with Crippen molar-refractivity contribution >= 4 is 17.0 Å². The van der Waals surface area contributed by atoms with E-state index >= 15 is 0 Å². The van der Waals surface area contributed by atoms with E-state index in [1.807, 2.05) is 20.8 Å². The number of halogens is 1. The Kier molecular flexibility index (Phi) is 4.82. The number of likely N-dealkylation sites (tertiary alicyclic amines) is 1. The molecule has 0 radical (unpaired) electrons. The largest absolute Gasteiger partial charge is 0.444 e. The molecule has 0 aliphatic carbocycles. The first kappa shape index (κ1) is 18.1. The van der Waals surface area contributed by atoms with E-state index in [2.05, 4.69) is 11.1 Å². The van der Waals surface area contributed by atoms with Gasteiger partial charge in [-0.05, 0) is 57.9 Å². The van der Waals surface area contributed by atoms with Gasteiger partial charge in [0.15, 0.2) is 0 Å². The molecule has 5 nitrogen and oxygen atoms in total. The number of nitrogens with zero attached hydrogens (tertiary/aromatic N) is 3. The maximum atomic E-state index is 13.4. The van der Waals surface area contributed by atoms with Crippen molar-refractivity contribution in [2.45, 2.75) is 45.1 Å². The molecule has 6 heteroatoms. The van der Waals surface area contributed by atoms with E-state index in [9.17, 15) is 14.4 Å². The lowest BCUT2D eigenvalue weighted by Crippen LogP contribution is -2.41. The summed E-state index contributed by atoms with van der Waals surface area (Å²) in [6.07, 6.45) is 1.12. The third-order valence-electron chi connectivity index (χ3n) is 4.46. The van der Waals surface area contributed by atoms with Crippen LogP contribution >= 0.6 is 0 Å². The van der Waals surface area contributed by atoms with Gasteiger partial charge in [0.25, 0.3) is 0 Å². The third-order valence-corrected chi connectivity index (χ3v) is 4.46. The van der Waals surface area contributed by atoms with Crippen LogP contribution in [-0.2, 0) is 4.74 Å². The van der Waals surface area contributed by atoms with Crippen LogP contribution in [0.25, 0.3) is 10.9 Å². The number of hydrogen-bond donors (Lipinski definition) is 0. The minimum absolute atomic E-state index is 0.0952. The second-order valence-electron chi connectivity index (χ2n) is 7.61. The maximum absolute atomic E-state index is 13.4. The van der Waals surface area contributed by atoms with Gasteiger partial charge >= 0.3 is 6.09 Å². The molecule has 1 fully saturated rings. The fraction of sp³-hybridized carbons (Fsp3) is 0.450. The molecule has 2 aromatic rings. The Balaban J connectivity index is 1.78. The number of aromatic nitrogens is 1. The molecule has 1 saturated heterocycles. The van der Waals surface area contributed by atoms with Gasteiger partial charge in [0, 0.05) is 24.4 Å². The van der Waals surface area contributed by atoms with Crippen molar-refractivity contribution in [3.8, 4) is 6.07 Å². The summed E-state index contributed by atoms with van der Waals surface area (Å²) in [6, 6.07) is 8.26. The summed E-state index contributed by atoms with van der Waals surface area (Å²) in [7, 11) is 0. The van der Waals surface area contributed by atoms with Gasteiger partial charge in [-0.15, -0.1) is 0 Å². The highest BCUT2D eigenvalue weighted by Gasteiger charge is 2.29. The van der Waals surface area contributed by atoms with E-state index in [-0.39, 0.29) is 17.8 Å². The minimum Gasteiger partial charge on any atom is -0.444 e. The van der Waals surface area contributed by atoms with Crippen LogP contribution in [0.3, 0.4) is 0 Å². The van der Waals surface area contributed by atoms with Crippen LogP contribution < -0.4 is 0 Å². The molecule has 0 unspecified atom stereocenters. The highest BCUT2D eigenvalue weighted by Crippen LogP contribution is 2.31. The summed E-state index contributed by atoms with van der Waals surface area (Å²) in [5.74, 6) is -0.251. The van der Waals surface area contributed by atoms with Gasteiger partial charge in [-0.2, -0.15) is 5.26 Å². The number of nitriles is 1. The molecular weight excluding hydrogens is 333 g/mol. The Morgan fingerprint density at radius 2 is 2.00 bits per heavy atom. The van der Waals surface area contributed by atoms with Gasteiger partial charge < -0.3 is 9.64 Å². The lowest BCUT2D eigenvalue weighted by atomic mass is 9.90. The number of benzene rings is 1. The lowest BCUT2D eigenvalue weighted by molar-refractivity contribution is 0.0204. The van der Waals surface area contributed by atoms with Crippen molar-refractivity contribution in [1.82, 2.24) is 9.88 Å². The van der Waals surface area contributed by atoms with Gasteiger partial charge in [-0.25, -0.2) is 9.18 Å². The molecule has 3 rings (SSSR count). The van der Waals surface area contributed by atoms with Crippen LogP contribution in [0.15, 0.2) is 24.3 Å². The van der Waals surface area contributed by atoms with Crippen LogP contribution in [0.2, 0.25) is 0 Å². The second-order valence-corrected chi connectivity index (χ2v) is 7.61. The lowest BCUT2D eigenvalue weighted by Gasteiger charge is -2.33. The molecule has 26 heavy (non-hydrogen) atoms. The number of amides is 1. The Labute approximate surface area is 152 Å². The second kappa shape index (κ2) is 6.91. The molecule has 0 atom stereocenters. The third kappa shape index (κ3) is 3.93. The maximum Gasteiger partial charge on any atom is 0.410 e. The predicted molar refractivity (Wildman–Crippen MR) is 96.2 cm³/mol. The van der Waals surface area contributed by atoms with Gasteiger partial charge in [0.05, 0.1) is 16.8 Å². The average molecular weight is 355 g/mol. The summed E-state index contributed by atoms with van der Waals surface area (Å²) >= 11 is 0. The van der Waals surface area contributed by atoms with Crippen LogP contribution in [0.4, 0.5) is 9.18 Å². The number of carbonyl (C=O) groups is 1. The Morgan fingerprint density at radius 3 is 2.62 bits per heavy atom. The zero-order chi connectivity index (χ0) is 18.9. The summed E-state index contributed by atoms with van der Waals surface area (Å²) in [4.78, 5) is 18.5. The molecule has 0 spiro atoms. The normalized spacial score (nSPS) is 15.7. The molecule has 0 N–H and O–H groups in total. The number of piperidine rings is 1. The summed E-state index contributed by atoms with van der Waals surface area (Å²) in [5.41, 5.74) is 1.36. The summed E-state index contributed by atoms with van der Waals surface area (Å²) < 4.78 is 18.8. The molecule has 1 aliphatic rings. The summed E-state index contributed by atoms with van der Waals surface area (Å²) in [6.45, 7) is 6.66. The zero-order valence-electron chi connectivity index (χ0n) is 15.3. The van der Waals surface area contributed by atoms with Crippen molar-refractivity contribution in [2.24, 2.45) is 0 Å². The molecule has 0 bridgehead atoms. The fourth-order valence-corrected chi connectivity index (χ4v) is 3.22. The highest BCUT2D eigenvalue weighted by atomic mass is 19.1. The standard InChI is InChI=1S/C20H22FN3O2/c1-20(2,3)26-19(25)24-8-6-13(7-9-24)18-15(12-22)10-14-11-16(21)4-5-17(14)23-18/h4-5,10-11,13H,6-9H2,1-3H3. The molecule has 1 aromatic carbocycles. The van der Waals surface area contributed by atoms with Crippen molar-refractivity contribution in [3.05, 3.63) is 41.3 Å². The number of fused-ring (bicyclic) bond motifs is 1. The Morgan fingerprint density at radius 1 is 1.31 bits per heavy atom. The number of carbonyl (C=O) groups excluding carboxylic acids is 1. The number of hydrogen-bond acceptors (Lipinski definition) is 4. The topological polar surface area (TPSA) is 66.2 Å². The van der Waals surface area contributed by atoms with Crippen LogP contribution in [0.1, 0.15) is 50.8 Å². The first-order valence-electron chi connectivity index (χ1n) is 8.75. The average Bonchev–Trinajstić information content (AvgIpc) is 2.59. The number of pyridine rings is 1. The van der Waals surface area contributed by atoms with E-state index in [1.165, 1.54) is 12.1 Å². The monoisotopic (exact) mass is 355 g/mol. The van der Waals surface area contributed by atoms with E-state index in [4.69, 9.17) is 4.74 Å². The van der Waals surface area contributed by atoms with Crippen LogP contribution in [-0.4, -0.2) is 34.7 Å². The molecule has 1 aromatic heterocycles. The fourth-order valence-electron chi connectivity index (χ4n) is 3.22. The van der Waals surface area contributed by atoms with Crippen molar-refractivity contribution in [1.29, 1.82) is 5.26 Å². The van der Waals surface area contributed by atoms with Crippen molar-refractivity contribution in [2.75, 3.05) is 13.1 Å². The Bertz CT molecular complexity index is 875. The first-order valence-corrected chi connectivity index (χ1v) is 8.75. The predicted octanol–water partition coefficient (Wildman–Crippen LogP) is 4.36. The van der Waals surface area contributed by atoms with E-state index in [0.717, 1.165) is 5.69 Å². The molecular formula is C20H22FN3O2. The van der Waals surface area contributed by atoms with Gasteiger partial charge in [0.2, 0.25) is 0 Å². The quantitative estimate of drug-likeness (QED) is 0.762. The molecule has 0 saturated carbocycles. The minimum atomic E-state index is -0.517. The van der Waals surface area contributed by atoms with E-state index in [0.29, 0.717) is 42.4 Å². The molecule has 1 amide bonds.